The Morgan fingerprint density at radius 1 is 1.16 bits per heavy atom. The van der Waals surface area contributed by atoms with Crippen LogP contribution in [0.2, 0.25) is 0 Å². The van der Waals surface area contributed by atoms with Crippen molar-refractivity contribution in [1.29, 1.82) is 0 Å². The predicted octanol–water partition coefficient (Wildman–Crippen LogP) is 3.02. The van der Waals surface area contributed by atoms with Crippen LogP contribution in [0.1, 0.15) is 11.4 Å². The number of nitrogens with one attached hydrogen (secondary N) is 1. The fourth-order valence-corrected chi connectivity index (χ4v) is 4.09. The molecular formula is C23H28FN5O2. The first kappa shape index (κ1) is 21.1. The molecule has 1 aliphatic heterocycles. The van der Waals surface area contributed by atoms with Crippen LogP contribution in [0, 0.1) is 12.7 Å². The van der Waals surface area contributed by atoms with E-state index in [1.54, 1.807) is 13.2 Å². The summed E-state index contributed by atoms with van der Waals surface area (Å²) in [5.41, 5.74) is 2.87. The number of benzene rings is 2. The summed E-state index contributed by atoms with van der Waals surface area (Å²) in [6.45, 7) is 6.54. The molecule has 0 unspecified atom stereocenters. The number of aryl methyl sites for hydroxylation is 1. The van der Waals surface area contributed by atoms with Crippen LogP contribution in [0.4, 0.5) is 9.18 Å². The number of urea groups is 1. The molecule has 3 aromatic rings. The standard InChI is InChI=1S/C23H28FN5O2/c1-17-26-20-5-3-4-6-21(20)29(17)10-9-25-23(30)28-13-11-27(12-14-28)16-18-15-19(24)7-8-22(18)31-2/h3-8,15H,9-14,16H2,1-2H3,(H,25,30). The maximum atomic E-state index is 13.6. The van der Waals surface area contributed by atoms with Gasteiger partial charge in [0.15, 0.2) is 0 Å². The van der Waals surface area contributed by atoms with Crippen LogP contribution >= 0.6 is 0 Å². The Labute approximate surface area is 181 Å². The molecule has 7 nitrogen and oxygen atoms in total. The van der Waals surface area contributed by atoms with Gasteiger partial charge >= 0.3 is 6.03 Å². The summed E-state index contributed by atoms with van der Waals surface area (Å²) in [4.78, 5) is 21.2. The molecule has 2 heterocycles. The summed E-state index contributed by atoms with van der Waals surface area (Å²) in [6.07, 6.45) is 0. The minimum absolute atomic E-state index is 0.0509. The molecule has 2 aromatic carbocycles. The SMILES string of the molecule is COc1ccc(F)cc1CN1CCN(C(=O)NCCn2c(C)nc3ccccc32)CC1. The number of aromatic nitrogens is 2. The van der Waals surface area contributed by atoms with Gasteiger partial charge in [0, 0.05) is 51.4 Å². The molecule has 4 rings (SSSR count). The van der Waals surface area contributed by atoms with Crippen molar-refractivity contribution in [3.05, 3.63) is 59.7 Å². The Morgan fingerprint density at radius 3 is 2.71 bits per heavy atom. The van der Waals surface area contributed by atoms with E-state index in [9.17, 15) is 9.18 Å². The summed E-state index contributed by atoms with van der Waals surface area (Å²) >= 11 is 0. The van der Waals surface area contributed by atoms with Crippen molar-refractivity contribution in [2.45, 2.75) is 20.0 Å². The molecule has 0 bridgehead atoms. The lowest BCUT2D eigenvalue weighted by Crippen LogP contribution is -2.51. The van der Waals surface area contributed by atoms with Crippen molar-refractivity contribution in [3.63, 3.8) is 0 Å². The van der Waals surface area contributed by atoms with Crippen LogP contribution in [-0.2, 0) is 13.1 Å². The van der Waals surface area contributed by atoms with Crippen LogP contribution in [0.15, 0.2) is 42.5 Å². The number of halogens is 1. The zero-order valence-corrected chi connectivity index (χ0v) is 18.0. The highest BCUT2D eigenvalue weighted by molar-refractivity contribution is 5.76. The highest BCUT2D eigenvalue weighted by Crippen LogP contribution is 2.21. The molecule has 0 spiro atoms. The molecule has 0 aliphatic carbocycles. The Morgan fingerprint density at radius 2 is 1.94 bits per heavy atom. The number of carbonyl (C=O) groups is 1. The zero-order chi connectivity index (χ0) is 21.8. The smallest absolute Gasteiger partial charge is 0.317 e. The summed E-state index contributed by atoms with van der Waals surface area (Å²) in [7, 11) is 1.59. The largest absolute Gasteiger partial charge is 0.496 e. The van der Waals surface area contributed by atoms with Crippen LogP contribution in [-0.4, -0.2) is 65.2 Å². The molecule has 0 saturated carbocycles. The maximum Gasteiger partial charge on any atom is 0.317 e. The second kappa shape index (κ2) is 9.34. The first-order valence-corrected chi connectivity index (χ1v) is 10.5. The monoisotopic (exact) mass is 425 g/mol. The number of hydrogen-bond acceptors (Lipinski definition) is 4. The molecule has 1 fully saturated rings. The van der Waals surface area contributed by atoms with Gasteiger partial charge in [0.25, 0.3) is 0 Å². The fourth-order valence-electron chi connectivity index (χ4n) is 4.09. The number of imidazole rings is 1. The lowest BCUT2D eigenvalue weighted by molar-refractivity contribution is 0.134. The van der Waals surface area contributed by atoms with Gasteiger partial charge in [-0.05, 0) is 37.3 Å². The molecule has 31 heavy (non-hydrogen) atoms. The number of amides is 2. The summed E-state index contributed by atoms with van der Waals surface area (Å²) < 4.78 is 21.1. The van der Waals surface area contributed by atoms with Crippen LogP contribution < -0.4 is 10.1 Å². The van der Waals surface area contributed by atoms with Crippen LogP contribution in [0.5, 0.6) is 5.75 Å². The number of ether oxygens (including phenoxy) is 1. The van der Waals surface area contributed by atoms with E-state index in [0.717, 1.165) is 35.5 Å². The number of carbonyl (C=O) groups excluding carboxylic acids is 1. The third kappa shape index (κ3) is 4.80. The Kier molecular flexibility index (Phi) is 6.36. The van der Waals surface area contributed by atoms with E-state index >= 15 is 0 Å². The lowest BCUT2D eigenvalue weighted by atomic mass is 10.1. The van der Waals surface area contributed by atoms with Gasteiger partial charge in [0.1, 0.15) is 17.4 Å². The first-order valence-electron chi connectivity index (χ1n) is 10.5. The first-order chi connectivity index (χ1) is 15.0. The van der Waals surface area contributed by atoms with E-state index < -0.39 is 0 Å². The Bertz CT molecular complexity index is 1060. The number of fused-ring (bicyclic) bond motifs is 1. The lowest BCUT2D eigenvalue weighted by Gasteiger charge is -2.35. The molecule has 164 valence electrons. The Hall–Kier alpha value is -3.13. The second-order valence-corrected chi connectivity index (χ2v) is 7.75. The maximum absolute atomic E-state index is 13.6. The molecule has 2 amide bonds. The molecule has 1 N–H and O–H groups in total. The van der Waals surface area contributed by atoms with E-state index in [0.29, 0.717) is 38.5 Å². The minimum atomic E-state index is -0.269. The molecule has 0 radical (unpaired) electrons. The van der Waals surface area contributed by atoms with Crippen molar-refractivity contribution in [2.75, 3.05) is 39.8 Å². The number of para-hydroxylation sites is 2. The van der Waals surface area contributed by atoms with Gasteiger partial charge in [-0.1, -0.05) is 12.1 Å². The zero-order valence-electron chi connectivity index (χ0n) is 18.0. The van der Waals surface area contributed by atoms with Gasteiger partial charge in [-0.3, -0.25) is 4.90 Å². The third-order valence-corrected chi connectivity index (χ3v) is 5.75. The van der Waals surface area contributed by atoms with E-state index in [1.807, 2.05) is 36.1 Å². The molecule has 1 saturated heterocycles. The quantitative estimate of drug-likeness (QED) is 0.660. The van der Waals surface area contributed by atoms with Crippen LogP contribution in [0.3, 0.4) is 0 Å². The average Bonchev–Trinajstić information content (AvgIpc) is 3.09. The number of methoxy groups -OCH3 is 1. The average molecular weight is 426 g/mol. The summed E-state index contributed by atoms with van der Waals surface area (Å²) in [5.74, 6) is 1.36. The van der Waals surface area contributed by atoms with E-state index in [1.165, 1.54) is 12.1 Å². The third-order valence-electron chi connectivity index (χ3n) is 5.75. The van der Waals surface area contributed by atoms with Crippen molar-refractivity contribution in [2.24, 2.45) is 0 Å². The Balaban J connectivity index is 1.26. The van der Waals surface area contributed by atoms with Crippen molar-refractivity contribution >= 4 is 17.1 Å². The summed E-state index contributed by atoms with van der Waals surface area (Å²) in [6, 6.07) is 12.5. The van der Waals surface area contributed by atoms with E-state index in [4.69, 9.17) is 4.74 Å². The van der Waals surface area contributed by atoms with Crippen LogP contribution in [0.25, 0.3) is 11.0 Å². The van der Waals surface area contributed by atoms with Crippen molar-refractivity contribution in [1.82, 2.24) is 24.7 Å². The number of nitrogens with zero attached hydrogens (tertiary/aromatic N) is 4. The predicted molar refractivity (Wildman–Crippen MR) is 118 cm³/mol. The molecule has 0 atom stereocenters. The topological polar surface area (TPSA) is 62.6 Å². The van der Waals surface area contributed by atoms with Gasteiger partial charge in [0.05, 0.1) is 18.1 Å². The molecule has 1 aliphatic rings. The molecular weight excluding hydrogens is 397 g/mol. The highest BCUT2D eigenvalue weighted by atomic mass is 19.1. The molecule has 1 aromatic heterocycles. The minimum Gasteiger partial charge on any atom is -0.496 e. The number of rotatable bonds is 6. The second-order valence-electron chi connectivity index (χ2n) is 7.75. The highest BCUT2D eigenvalue weighted by Gasteiger charge is 2.22. The fraction of sp³-hybridized carbons (Fsp3) is 0.391. The normalized spacial score (nSPS) is 14.7. The van der Waals surface area contributed by atoms with Crippen molar-refractivity contribution in [3.8, 4) is 5.75 Å². The number of piperazine rings is 1. The van der Waals surface area contributed by atoms with Crippen molar-refractivity contribution < 1.29 is 13.9 Å². The summed E-state index contributed by atoms with van der Waals surface area (Å²) in [5, 5.41) is 3.02. The van der Waals surface area contributed by atoms with E-state index in [-0.39, 0.29) is 11.8 Å². The van der Waals surface area contributed by atoms with Gasteiger partial charge in [-0.2, -0.15) is 0 Å². The number of hydrogen-bond donors (Lipinski definition) is 1. The molecule has 8 heteroatoms. The van der Waals surface area contributed by atoms with Gasteiger partial charge in [-0.15, -0.1) is 0 Å². The van der Waals surface area contributed by atoms with Gasteiger partial charge < -0.3 is 19.5 Å². The van der Waals surface area contributed by atoms with Gasteiger partial charge in [0.2, 0.25) is 0 Å². The van der Waals surface area contributed by atoms with E-state index in [2.05, 4.69) is 19.8 Å². The van der Waals surface area contributed by atoms with Gasteiger partial charge in [-0.25, -0.2) is 14.2 Å².